The monoisotopic (exact) mass is 274 g/mol. The molecule has 0 atom stereocenters. The first-order valence-electron chi connectivity index (χ1n) is 7.10. The highest BCUT2D eigenvalue weighted by atomic mass is 35.5. The molecule has 0 spiro atoms. The fourth-order valence-electron chi connectivity index (χ4n) is 2.95. The minimum absolute atomic E-state index is 0.794. The van der Waals surface area contributed by atoms with Gasteiger partial charge in [-0.1, -0.05) is 18.5 Å². The summed E-state index contributed by atoms with van der Waals surface area (Å²) in [4.78, 5) is 4.84. The Hall–Kier alpha value is -1.12. The summed E-state index contributed by atoms with van der Waals surface area (Å²) >= 11 is 6.16. The number of benzene rings is 1. The van der Waals surface area contributed by atoms with Crippen LogP contribution in [-0.2, 0) is 19.4 Å². The second-order valence-corrected chi connectivity index (χ2v) is 5.60. The standard InChI is InChI=1S/C16H19ClN2/c1-2-18-10-14-12-5-3-4-6-15(12)19-16-8-7-11(17)9-13(14)16/h7-9,18H,2-6,10H2,1H3. The molecule has 0 bridgehead atoms. The molecular formula is C16H19ClN2. The van der Waals surface area contributed by atoms with Crippen molar-refractivity contribution in [1.82, 2.24) is 10.3 Å². The molecule has 0 saturated carbocycles. The lowest BCUT2D eigenvalue weighted by Gasteiger charge is -2.21. The first kappa shape index (κ1) is 12.9. The first-order valence-corrected chi connectivity index (χ1v) is 7.48. The van der Waals surface area contributed by atoms with Gasteiger partial charge in [0.25, 0.3) is 0 Å². The van der Waals surface area contributed by atoms with Crippen LogP contribution in [0.4, 0.5) is 0 Å². The van der Waals surface area contributed by atoms with Gasteiger partial charge in [-0.15, -0.1) is 0 Å². The number of halogens is 1. The molecule has 0 aliphatic heterocycles. The third kappa shape index (κ3) is 2.47. The fraction of sp³-hybridized carbons (Fsp3) is 0.438. The molecule has 1 N–H and O–H groups in total. The predicted octanol–water partition coefficient (Wildman–Crippen LogP) is 3.88. The van der Waals surface area contributed by atoms with Crippen molar-refractivity contribution in [3.05, 3.63) is 40.0 Å². The van der Waals surface area contributed by atoms with Crippen molar-refractivity contribution in [1.29, 1.82) is 0 Å². The molecule has 3 heteroatoms. The van der Waals surface area contributed by atoms with E-state index in [2.05, 4.69) is 18.3 Å². The van der Waals surface area contributed by atoms with E-state index in [1.807, 2.05) is 12.1 Å². The summed E-state index contributed by atoms with van der Waals surface area (Å²) in [5.41, 5.74) is 5.25. The highest BCUT2D eigenvalue weighted by Crippen LogP contribution is 2.30. The van der Waals surface area contributed by atoms with E-state index < -0.39 is 0 Å². The number of hydrogen-bond acceptors (Lipinski definition) is 2. The molecule has 2 nitrogen and oxygen atoms in total. The zero-order chi connectivity index (χ0) is 13.2. The average molecular weight is 275 g/mol. The SMILES string of the molecule is CCNCc1c2c(nc3ccc(Cl)cc13)CCCC2. The molecule has 0 amide bonds. The Morgan fingerprint density at radius 3 is 2.95 bits per heavy atom. The van der Waals surface area contributed by atoms with Gasteiger partial charge in [0, 0.05) is 22.6 Å². The van der Waals surface area contributed by atoms with E-state index in [0.717, 1.165) is 36.5 Å². The summed E-state index contributed by atoms with van der Waals surface area (Å²) in [5.74, 6) is 0. The van der Waals surface area contributed by atoms with Gasteiger partial charge < -0.3 is 5.32 Å². The molecule has 0 radical (unpaired) electrons. The second-order valence-electron chi connectivity index (χ2n) is 5.16. The third-order valence-corrected chi connectivity index (χ3v) is 4.13. The lowest BCUT2D eigenvalue weighted by Crippen LogP contribution is -2.17. The number of aromatic nitrogens is 1. The van der Waals surface area contributed by atoms with Gasteiger partial charge in [0.05, 0.1) is 5.52 Å². The normalized spacial score (nSPS) is 14.6. The Bertz CT molecular complexity index is 607. The number of rotatable bonds is 3. The van der Waals surface area contributed by atoms with E-state index in [1.54, 1.807) is 0 Å². The predicted molar refractivity (Wildman–Crippen MR) is 80.8 cm³/mol. The Morgan fingerprint density at radius 1 is 1.26 bits per heavy atom. The number of nitrogens with zero attached hydrogens (tertiary/aromatic N) is 1. The molecule has 100 valence electrons. The molecule has 1 aliphatic rings. The molecular weight excluding hydrogens is 256 g/mol. The van der Waals surface area contributed by atoms with Crippen LogP contribution in [0.25, 0.3) is 10.9 Å². The highest BCUT2D eigenvalue weighted by molar-refractivity contribution is 6.31. The van der Waals surface area contributed by atoms with Crippen molar-refractivity contribution in [2.45, 2.75) is 39.2 Å². The van der Waals surface area contributed by atoms with Gasteiger partial charge in [-0.05, 0) is 61.6 Å². The topological polar surface area (TPSA) is 24.9 Å². The van der Waals surface area contributed by atoms with Crippen molar-refractivity contribution in [3.63, 3.8) is 0 Å². The molecule has 2 aromatic rings. The van der Waals surface area contributed by atoms with Gasteiger partial charge in [-0.3, -0.25) is 4.98 Å². The van der Waals surface area contributed by atoms with Gasteiger partial charge in [0.15, 0.2) is 0 Å². The summed E-state index contributed by atoms with van der Waals surface area (Å²) in [6, 6.07) is 6.04. The van der Waals surface area contributed by atoms with Crippen molar-refractivity contribution < 1.29 is 0 Å². The Kier molecular flexibility index (Phi) is 3.72. The molecule has 19 heavy (non-hydrogen) atoms. The zero-order valence-corrected chi connectivity index (χ0v) is 12.1. The summed E-state index contributed by atoms with van der Waals surface area (Å²) in [6.45, 7) is 4.04. The Morgan fingerprint density at radius 2 is 2.11 bits per heavy atom. The number of nitrogens with one attached hydrogen (secondary N) is 1. The maximum atomic E-state index is 6.16. The average Bonchev–Trinajstić information content (AvgIpc) is 2.44. The van der Waals surface area contributed by atoms with E-state index in [4.69, 9.17) is 16.6 Å². The van der Waals surface area contributed by atoms with Gasteiger partial charge in [0.2, 0.25) is 0 Å². The molecule has 0 unspecified atom stereocenters. The largest absolute Gasteiger partial charge is 0.313 e. The Labute approximate surface area is 119 Å². The number of hydrogen-bond donors (Lipinski definition) is 1. The van der Waals surface area contributed by atoms with Crippen molar-refractivity contribution in [2.24, 2.45) is 0 Å². The van der Waals surface area contributed by atoms with Crippen LogP contribution in [0.3, 0.4) is 0 Å². The van der Waals surface area contributed by atoms with Crippen molar-refractivity contribution >= 4 is 22.5 Å². The number of fused-ring (bicyclic) bond motifs is 2. The van der Waals surface area contributed by atoms with Crippen LogP contribution < -0.4 is 5.32 Å². The van der Waals surface area contributed by atoms with Gasteiger partial charge >= 0.3 is 0 Å². The van der Waals surface area contributed by atoms with E-state index in [-0.39, 0.29) is 0 Å². The lowest BCUT2D eigenvalue weighted by molar-refractivity contribution is 0.651. The van der Waals surface area contributed by atoms with Crippen LogP contribution in [0, 0.1) is 0 Å². The number of aryl methyl sites for hydroxylation is 1. The minimum Gasteiger partial charge on any atom is -0.313 e. The quantitative estimate of drug-likeness (QED) is 0.919. The third-order valence-electron chi connectivity index (χ3n) is 3.89. The van der Waals surface area contributed by atoms with Crippen molar-refractivity contribution in [3.8, 4) is 0 Å². The molecule has 3 rings (SSSR count). The summed E-state index contributed by atoms with van der Waals surface area (Å²) in [7, 11) is 0. The van der Waals surface area contributed by atoms with Crippen LogP contribution in [-0.4, -0.2) is 11.5 Å². The maximum absolute atomic E-state index is 6.16. The molecule has 1 aromatic carbocycles. The van der Waals surface area contributed by atoms with Crippen LogP contribution in [0.1, 0.15) is 36.6 Å². The summed E-state index contributed by atoms with van der Waals surface area (Å²) < 4.78 is 0. The molecule has 0 fully saturated rings. The smallest absolute Gasteiger partial charge is 0.0709 e. The fourth-order valence-corrected chi connectivity index (χ4v) is 3.12. The molecule has 1 aromatic heterocycles. The number of pyridine rings is 1. The van der Waals surface area contributed by atoms with Crippen LogP contribution >= 0.6 is 11.6 Å². The molecule has 1 aliphatic carbocycles. The maximum Gasteiger partial charge on any atom is 0.0709 e. The summed E-state index contributed by atoms with van der Waals surface area (Å²) in [6.07, 6.45) is 4.82. The van der Waals surface area contributed by atoms with Crippen LogP contribution in [0.15, 0.2) is 18.2 Å². The second kappa shape index (κ2) is 5.48. The van der Waals surface area contributed by atoms with E-state index in [9.17, 15) is 0 Å². The summed E-state index contributed by atoms with van der Waals surface area (Å²) in [5, 5.41) is 5.47. The first-order chi connectivity index (χ1) is 9.29. The van der Waals surface area contributed by atoms with Crippen LogP contribution in [0.5, 0.6) is 0 Å². The van der Waals surface area contributed by atoms with E-state index in [0.29, 0.717) is 0 Å². The molecule has 1 heterocycles. The lowest BCUT2D eigenvalue weighted by atomic mass is 9.90. The van der Waals surface area contributed by atoms with Gasteiger partial charge in [0.1, 0.15) is 0 Å². The van der Waals surface area contributed by atoms with Crippen molar-refractivity contribution in [2.75, 3.05) is 6.54 Å². The van der Waals surface area contributed by atoms with E-state index in [1.165, 1.54) is 35.0 Å². The molecule has 0 saturated heterocycles. The van der Waals surface area contributed by atoms with Gasteiger partial charge in [-0.25, -0.2) is 0 Å². The van der Waals surface area contributed by atoms with E-state index >= 15 is 0 Å². The highest BCUT2D eigenvalue weighted by Gasteiger charge is 2.17. The zero-order valence-electron chi connectivity index (χ0n) is 11.3. The minimum atomic E-state index is 0.794. The van der Waals surface area contributed by atoms with Crippen LogP contribution in [0.2, 0.25) is 5.02 Å². The Balaban J connectivity index is 2.21. The van der Waals surface area contributed by atoms with Gasteiger partial charge in [-0.2, -0.15) is 0 Å².